The van der Waals surface area contributed by atoms with Crippen LogP contribution in [0.25, 0.3) is 0 Å². The van der Waals surface area contributed by atoms with E-state index in [-0.39, 0.29) is 6.04 Å². The van der Waals surface area contributed by atoms with Gasteiger partial charge in [0.15, 0.2) is 0 Å². The van der Waals surface area contributed by atoms with Crippen LogP contribution < -0.4 is 10.6 Å². The SMILES string of the molecule is C=CCNc1ccnc(NC(C)c2ccccc2)n1. The Morgan fingerprint density at radius 3 is 2.79 bits per heavy atom. The first-order chi connectivity index (χ1) is 9.29. The molecule has 0 aliphatic heterocycles. The van der Waals surface area contributed by atoms with E-state index < -0.39 is 0 Å². The molecule has 1 aromatic heterocycles. The number of anilines is 2. The van der Waals surface area contributed by atoms with E-state index in [1.807, 2.05) is 24.3 Å². The summed E-state index contributed by atoms with van der Waals surface area (Å²) in [7, 11) is 0. The fourth-order valence-electron chi connectivity index (χ4n) is 1.72. The highest BCUT2D eigenvalue weighted by Crippen LogP contribution is 2.16. The molecule has 2 aromatic rings. The summed E-state index contributed by atoms with van der Waals surface area (Å²) < 4.78 is 0. The molecule has 0 aliphatic rings. The van der Waals surface area contributed by atoms with Gasteiger partial charge in [0.05, 0.1) is 6.04 Å². The maximum absolute atomic E-state index is 4.39. The summed E-state index contributed by atoms with van der Waals surface area (Å²) in [6.07, 6.45) is 3.53. The van der Waals surface area contributed by atoms with E-state index in [1.165, 1.54) is 5.56 Å². The summed E-state index contributed by atoms with van der Waals surface area (Å²) in [5.41, 5.74) is 1.20. The average Bonchev–Trinajstić information content (AvgIpc) is 2.46. The molecule has 2 rings (SSSR count). The Morgan fingerprint density at radius 2 is 2.05 bits per heavy atom. The van der Waals surface area contributed by atoms with Gasteiger partial charge in [-0.15, -0.1) is 6.58 Å². The Morgan fingerprint density at radius 1 is 1.26 bits per heavy atom. The molecule has 2 N–H and O–H groups in total. The number of rotatable bonds is 6. The summed E-state index contributed by atoms with van der Waals surface area (Å²) in [5, 5.41) is 6.43. The van der Waals surface area contributed by atoms with Crippen molar-refractivity contribution in [2.75, 3.05) is 17.2 Å². The van der Waals surface area contributed by atoms with Gasteiger partial charge in [-0.25, -0.2) is 4.98 Å². The van der Waals surface area contributed by atoms with E-state index in [1.54, 1.807) is 12.3 Å². The molecule has 0 spiro atoms. The Hall–Kier alpha value is -2.36. The van der Waals surface area contributed by atoms with Crippen LogP contribution in [-0.4, -0.2) is 16.5 Å². The van der Waals surface area contributed by atoms with Crippen molar-refractivity contribution in [3.8, 4) is 0 Å². The second kappa shape index (κ2) is 6.54. The van der Waals surface area contributed by atoms with Crippen molar-refractivity contribution in [1.29, 1.82) is 0 Å². The molecule has 4 nitrogen and oxygen atoms in total. The Labute approximate surface area is 113 Å². The molecule has 0 bridgehead atoms. The maximum atomic E-state index is 4.39. The third-order valence-corrected chi connectivity index (χ3v) is 2.73. The smallest absolute Gasteiger partial charge is 0.225 e. The summed E-state index contributed by atoms with van der Waals surface area (Å²) >= 11 is 0. The monoisotopic (exact) mass is 254 g/mol. The van der Waals surface area contributed by atoms with Crippen LogP contribution in [0.1, 0.15) is 18.5 Å². The quantitative estimate of drug-likeness (QED) is 0.777. The fourth-order valence-corrected chi connectivity index (χ4v) is 1.72. The van der Waals surface area contributed by atoms with E-state index in [9.17, 15) is 0 Å². The molecule has 1 heterocycles. The first-order valence-corrected chi connectivity index (χ1v) is 6.29. The number of nitrogens with zero attached hydrogens (tertiary/aromatic N) is 2. The van der Waals surface area contributed by atoms with Crippen LogP contribution >= 0.6 is 0 Å². The molecule has 0 saturated heterocycles. The van der Waals surface area contributed by atoms with Crippen molar-refractivity contribution in [3.63, 3.8) is 0 Å². The molecule has 1 aromatic carbocycles. The van der Waals surface area contributed by atoms with Crippen molar-refractivity contribution in [3.05, 3.63) is 60.8 Å². The van der Waals surface area contributed by atoms with Crippen LogP contribution in [0, 0.1) is 0 Å². The maximum Gasteiger partial charge on any atom is 0.225 e. The number of nitrogens with one attached hydrogen (secondary N) is 2. The minimum Gasteiger partial charge on any atom is -0.366 e. The zero-order chi connectivity index (χ0) is 13.5. The first-order valence-electron chi connectivity index (χ1n) is 6.29. The van der Waals surface area contributed by atoms with Crippen LogP contribution in [0.2, 0.25) is 0 Å². The molecule has 1 unspecified atom stereocenters. The summed E-state index contributed by atoms with van der Waals surface area (Å²) in [4.78, 5) is 8.62. The lowest BCUT2D eigenvalue weighted by molar-refractivity contribution is 0.860. The third kappa shape index (κ3) is 3.81. The largest absolute Gasteiger partial charge is 0.366 e. The molecule has 19 heavy (non-hydrogen) atoms. The van der Waals surface area contributed by atoms with Crippen molar-refractivity contribution in [2.24, 2.45) is 0 Å². The second-order valence-electron chi connectivity index (χ2n) is 4.21. The minimum atomic E-state index is 0.163. The van der Waals surface area contributed by atoms with E-state index in [0.717, 1.165) is 5.82 Å². The van der Waals surface area contributed by atoms with Crippen molar-refractivity contribution < 1.29 is 0 Å². The minimum absolute atomic E-state index is 0.163. The topological polar surface area (TPSA) is 49.8 Å². The standard InChI is InChI=1S/C15H18N4/c1-3-10-16-14-9-11-17-15(19-14)18-12(2)13-7-5-4-6-8-13/h3-9,11-12H,1,10H2,2H3,(H2,16,17,18,19). The lowest BCUT2D eigenvalue weighted by atomic mass is 10.1. The highest BCUT2D eigenvalue weighted by Gasteiger charge is 2.06. The number of aromatic nitrogens is 2. The Balaban J connectivity index is 2.04. The van der Waals surface area contributed by atoms with Gasteiger partial charge in [-0.3, -0.25) is 0 Å². The Bertz CT molecular complexity index is 525. The van der Waals surface area contributed by atoms with E-state index in [0.29, 0.717) is 12.5 Å². The molecule has 1 atom stereocenters. The molecule has 0 aliphatic carbocycles. The molecule has 4 heteroatoms. The predicted octanol–water partition coefficient (Wildman–Crippen LogP) is 3.25. The zero-order valence-electron chi connectivity index (χ0n) is 11.0. The lowest BCUT2D eigenvalue weighted by Crippen LogP contribution is -2.10. The average molecular weight is 254 g/mol. The van der Waals surface area contributed by atoms with Crippen molar-refractivity contribution in [1.82, 2.24) is 9.97 Å². The van der Waals surface area contributed by atoms with E-state index in [2.05, 4.69) is 46.2 Å². The van der Waals surface area contributed by atoms with Gasteiger partial charge in [0, 0.05) is 12.7 Å². The van der Waals surface area contributed by atoms with Gasteiger partial charge in [-0.2, -0.15) is 4.98 Å². The van der Waals surface area contributed by atoms with Gasteiger partial charge in [0.25, 0.3) is 0 Å². The number of hydrogen-bond acceptors (Lipinski definition) is 4. The third-order valence-electron chi connectivity index (χ3n) is 2.73. The fraction of sp³-hybridized carbons (Fsp3) is 0.200. The molecule has 0 saturated carbocycles. The van der Waals surface area contributed by atoms with Crippen LogP contribution in [0.5, 0.6) is 0 Å². The predicted molar refractivity (Wildman–Crippen MR) is 79.2 cm³/mol. The number of hydrogen-bond donors (Lipinski definition) is 2. The normalized spacial score (nSPS) is 11.6. The summed E-state index contributed by atoms with van der Waals surface area (Å²) in [5.74, 6) is 1.41. The molecule has 0 fully saturated rings. The van der Waals surface area contributed by atoms with Crippen LogP contribution in [0.15, 0.2) is 55.3 Å². The molecule has 98 valence electrons. The highest BCUT2D eigenvalue weighted by atomic mass is 15.1. The van der Waals surface area contributed by atoms with Crippen molar-refractivity contribution in [2.45, 2.75) is 13.0 Å². The van der Waals surface area contributed by atoms with Gasteiger partial charge in [-0.1, -0.05) is 36.4 Å². The van der Waals surface area contributed by atoms with Crippen LogP contribution in [-0.2, 0) is 0 Å². The van der Waals surface area contributed by atoms with E-state index >= 15 is 0 Å². The highest BCUT2D eigenvalue weighted by molar-refractivity contribution is 5.41. The van der Waals surface area contributed by atoms with Gasteiger partial charge in [-0.05, 0) is 18.6 Å². The zero-order valence-corrected chi connectivity index (χ0v) is 11.0. The first kappa shape index (κ1) is 13.1. The van der Waals surface area contributed by atoms with Crippen LogP contribution in [0.3, 0.4) is 0 Å². The van der Waals surface area contributed by atoms with Crippen LogP contribution in [0.4, 0.5) is 11.8 Å². The van der Waals surface area contributed by atoms with Gasteiger partial charge in [0.1, 0.15) is 5.82 Å². The second-order valence-corrected chi connectivity index (χ2v) is 4.21. The van der Waals surface area contributed by atoms with Gasteiger partial charge >= 0.3 is 0 Å². The summed E-state index contributed by atoms with van der Waals surface area (Å²) in [6, 6.07) is 12.2. The molecule has 0 radical (unpaired) electrons. The number of benzene rings is 1. The summed E-state index contributed by atoms with van der Waals surface area (Å²) in [6.45, 7) is 6.44. The van der Waals surface area contributed by atoms with Gasteiger partial charge < -0.3 is 10.6 Å². The molecular formula is C15H18N4. The van der Waals surface area contributed by atoms with Gasteiger partial charge in [0.2, 0.25) is 5.95 Å². The Kier molecular flexibility index (Phi) is 4.50. The van der Waals surface area contributed by atoms with E-state index in [4.69, 9.17) is 0 Å². The van der Waals surface area contributed by atoms with Crippen molar-refractivity contribution >= 4 is 11.8 Å². The lowest BCUT2D eigenvalue weighted by Gasteiger charge is -2.14. The molecule has 0 amide bonds. The molecular weight excluding hydrogens is 236 g/mol.